The number of nitrogens with zero attached hydrogens (tertiary/aromatic N) is 1. The van der Waals surface area contributed by atoms with Gasteiger partial charge in [-0.05, 0) is 42.5 Å². The van der Waals surface area contributed by atoms with Crippen LogP contribution in [-0.4, -0.2) is 39.2 Å². The van der Waals surface area contributed by atoms with E-state index in [1.807, 2.05) is 24.3 Å². The minimum Gasteiger partial charge on any atom is -0.496 e. The van der Waals surface area contributed by atoms with E-state index in [1.165, 1.54) is 7.11 Å². The summed E-state index contributed by atoms with van der Waals surface area (Å²) in [4.78, 5) is 14.8. The van der Waals surface area contributed by atoms with Crippen molar-refractivity contribution in [1.29, 1.82) is 0 Å². The summed E-state index contributed by atoms with van der Waals surface area (Å²) in [6, 6.07) is 12.8. The van der Waals surface area contributed by atoms with E-state index in [4.69, 9.17) is 16.3 Å². The minimum absolute atomic E-state index is 0.246. The molecular formula is C18H20ClN3O2. The second-order valence-electron chi connectivity index (χ2n) is 5.58. The Bertz CT molecular complexity index is 713. The second-order valence-corrected chi connectivity index (χ2v) is 6.02. The molecule has 0 aliphatic carbocycles. The lowest BCUT2D eigenvalue weighted by Crippen LogP contribution is -2.43. The molecule has 1 amide bonds. The number of anilines is 2. The highest BCUT2D eigenvalue weighted by molar-refractivity contribution is 6.31. The number of hydrogen-bond donors (Lipinski definition) is 2. The van der Waals surface area contributed by atoms with Crippen LogP contribution in [-0.2, 0) is 0 Å². The standard InChI is InChI=1S/C18H20ClN3O2/c1-24-17-7-2-13(19)12-16(17)18(23)21-14-3-5-15(6-4-14)22-10-8-20-9-11-22/h2-7,12,20H,8-11H2,1H3,(H,21,23). The Hall–Kier alpha value is -2.24. The number of ether oxygens (including phenoxy) is 1. The molecule has 1 aliphatic rings. The molecule has 24 heavy (non-hydrogen) atoms. The number of methoxy groups -OCH3 is 1. The van der Waals surface area contributed by atoms with Crippen molar-refractivity contribution >= 4 is 28.9 Å². The lowest BCUT2D eigenvalue weighted by atomic mass is 10.1. The molecule has 0 unspecified atom stereocenters. The maximum absolute atomic E-state index is 12.5. The molecule has 1 saturated heterocycles. The molecule has 126 valence electrons. The van der Waals surface area contributed by atoms with Crippen LogP contribution >= 0.6 is 11.6 Å². The van der Waals surface area contributed by atoms with E-state index < -0.39 is 0 Å². The predicted molar refractivity (Wildman–Crippen MR) is 97.5 cm³/mol. The van der Waals surface area contributed by atoms with Crippen LogP contribution in [0.5, 0.6) is 5.75 Å². The summed E-state index contributed by atoms with van der Waals surface area (Å²) in [5, 5.41) is 6.71. The summed E-state index contributed by atoms with van der Waals surface area (Å²) in [5.41, 5.74) is 2.31. The highest BCUT2D eigenvalue weighted by Gasteiger charge is 2.14. The first-order chi connectivity index (χ1) is 11.7. The fourth-order valence-corrected chi connectivity index (χ4v) is 2.91. The molecule has 0 bridgehead atoms. The Kier molecular flexibility index (Phi) is 5.23. The van der Waals surface area contributed by atoms with Crippen molar-refractivity contribution in [3.63, 3.8) is 0 Å². The fraction of sp³-hybridized carbons (Fsp3) is 0.278. The van der Waals surface area contributed by atoms with Gasteiger partial charge in [0.15, 0.2) is 0 Å². The van der Waals surface area contributed by atoms with E-state index >= 15 is 0 Å². The number of benzene rings is 2. The predicted octanol–water partition coefficient (Wildman–Crippen LogP) is 3.01. The molecule has 0 saturated carbocycles. The topological polar surface area (TPSA) is 53.6 Å². The van der Waals surface area contributed by atoms with Crippen molar-refractivity contribution in [3.05, 3.63) is 53.1 Å². The Morgan fingerprint density at radius 1 is 1.17 bits per heavy atom. The van der Waals surface area contributed by atoms with Gasteiger partial charge < -0.3 is 20.3 Å². The molecule has 2 aromatic rings. The number of amides is 1. The van der Waals surface area contributed by atoms with E-state index in [9.17, 15) is 4.79 Å². The number of piperazine rings is 1. The van der Waals surface area contributed by atoms with Crippen LogP contribution in [0.25, 0.3) is 0 Å². The molecule has 0 aromatic heterocycles. The van der Waals surface area contributed by atoms with Gasteiger partial charge in [-0.2, -0.15) is 0 Å². The number of carbonyl (C=O) groups is 1. The first kappa shape index (κ1) is 16.6. The molecule has 2 N–H and O–H groups in total. The van der Waals surface area contributed by atoms with Gasteiger partial charge in [-0.25, -0.2) is 0 Å². The third-order valence-electron chi connectivity index (χ3n) is 4.01. The van der Waals surface area contributed by atoms with Crippen molar-refractivity contribution in [3.8, 4) is 5.75 Å². The number of nitrogens with one attached hydrogen (secondary N) is 2. The van der Waals surface area contributed by atoms with Gasteiger partial charge in [0, 0.05) is 42.6 Å². The van der Waals surface area contributed by atoms with Crippen LogP contribution in [0.1, 0.15) is 10.4 Å². The lowest BCUT2D eigenvalue weighted by molar-refractivity contribution is 0.102. The molecule has 0 spiro atoms. The zero-order valence-corrected chi connectivity index (χ0v) is 14.3. The smallest absolute Gasteiger partial charge is 0.259 e. The van der Waals surface area contributed by atoms with Gasteiger partial charge in [-0.3, -0.25) is 4.79 Å². The molecule has 0 atom stereocenters. The van der Waals surface area contributed by atoms with Gasteiger partial charge in [-0.1, -0.05) is 11.6 Å². The number of carbonyl (C=O) groups excluding carboxylic acids is 1. The summed E-state index contributed by atoms with van der Waals surface area (Å²) >= 11 is 5.98. The monoisotopic (exact) mass is 345 g/mol. The highest BCUT2D eigenvalue weighted by Crippen LogP contribution is 2.24. The van der Waals surface area contributed by atoms with Crippen LogP contribution in [0.4, 0.5) is 11.4 Å². The molecule has 6 heteroatoms. The summed E-state index contributed by atoms with van der Waals surface area (Å²) in [7, 11) is 1.53. The third kappa shape index (κ3) is 3.80. The number of rotatable bonds is 4. The van der Waals surface area contributed by atoms with Crippen LogP contribution in [0.2, 0.25) is 5.02 Å². The summed E-state index contributed by atoms with van der Waals surface area (Å²) < 4.78 is 5.23. The zero-order valence-electron chi connectivity index (χ0n) is 13.5. The van der Waals surface area contributed by atoms with Crippen molar-refractivity contribution in [1.82, 2.24) is 5.32 Å². The Labute approximate surface area is 146 Å². The van der Waals surface area contributed by atoms with Crippen LogP contribution in [0.3, 0.4) is 0 Å². The van der Waals surface area contributed by atoms with E-state index in [0.717, 1.165) is 37.6 Å². The Morgan fingerprint density at radius 2 is 1.88 bits per heavy atom. The average Bonchev–Trinajstić information content (AvgIpc) is 2.63. The van der Waals surface area contributed by atoms with Gasteiger partial charge >= 0.3 is 0 Å². The maximum Gasteiger partial charge on any atom is 0.259 e. The van der Waals surface area contributed by atoms with Gasteiger partial charge in [0.25, 0.3) is 5.91 Å². The largest absolute Gasteiger partial charge is 0.496 e. The van der Waals surface area contributed by atoms with Crippen LogP contribution in [0.15, 0.2) is 42.5 Å². The second kappa shape index (κ2) is 7.55. The first-order valence-corrected chi connectivity index (χ1v) is 8.26. The molecule has 0 radical (unpaired) electrons. The van der Waals surface area contributed by atoms with E-state index in [-0.39, 0.29) is 5.91 Å². The van der Waals surface area contributed by atoms with Gasteiger partial charge in [-0.15, -0.1) is 0 Å². The third-order valence-corrected chi connectivity index (χ3v) is 4.25. The van der Waals surface area contributed by atoms with E-state index in [2.05, 4.69) is 15.5 Å². The van der Waals surface area contributed by atoms with Gasteiger partial charge in [0.05, 0.1) is 12.7 Å². The number of hydrogen-bond acceptors (Lipinski definition) is 4. The van der Waals surface area contributed by atoms with E-state index in [0.29, 0.717) is 16.3 Å². The van der Waals surface area contributed by atoms with Crippen molar-refractivity contribution < 1.29 is 9.53 Å². The molecule has 1 heterocycles. The quantitative estimate of drug-likeness (QED) is 0.894. The molecular weight excluding hydrogens is 326 g/mol. The fourth-order valence-electron chi connectivity index (χ4n) is 2.73. The van der Waals surface area contributed by atoms with Crippen molar-refractivity contribution in [2.75, 3.05) is 43.5 Å². The molecule has 5 nitrogen and oxygen atoms in total. The minimum atomic E-state index is -0.246. The molecule has 2 aromatic carbocycles. The molecule has 1 fully saturated rings. The first-order valence-electron chi connectivity index (χ1n) is 7.88. The van der Waals surface area contributed by atoms with E-state index in [1.54, 1.807) is 18.2 Å². The van der Waals surface area contributed by atoms with Crippen molar-refractivity contribution in [2.24, 2.45) is 0 Å². The Balaban J connectivity index is 1.71. The zero-order chi connectivity index (χ0) is 16.9. The SMILES string of the molecule is COc1ccc(Cl)cc1C(=O)Nc1ccc(N2CCNCC2)cc1. The summed E-state index contributed by atoms with van der Waals surface area (Å²) in [5.74, 6) is 0.249. The Morgan fingerprint density at radius 3 is 2.54 bits per heavy atom. The molecule has 3 rings (SSSR count). The van der Waals surface area contributed by atoms with Gasteiger partial charge in [0.1, 0.15) is 5.75 Å². The summed E-state index contributed by atoms with van der Waals surface area (Å²) in [6.07, 6.45) is 0. The molecule has 1 aliphatic heterocycles. The summed E-state index contributed by atoms with van der Waals surface area (Å²) in [6.45, 7) is 3.97. The number of halogens is 1. The highest BCUT2D eigenvalue weighted by atomic mass is 35.5. The van der Waals surface area contributed by atoms with Crippen LogP contribution in [0, 0.1) is 0 Å². The van der Waals surface area contributed by atoms with Crippen molar-refractivity contribution in [2.45, 2.75) is 0 Å². The van der Waals surface area contributed by atoms with Crippen LogP contribution < -0.4 is 20.3 Å². The van der Waals surface area contributed by atoms with Gasteiger partial charge in [0.2, 0.25) is 0 Å². The normalized spacial score (nSPS) is 14.3. The lowest BCUT2D eigenvalue weighted by Gasteiger charge is -2.29. The maximum atomic E-state index is 12.5. The average molecular weight is 346 g/mol.